The van der Waals surface area contributed by atoms with Gasteiger partial charge in [0.2, 0.25) is 12.3 Å². The number of hydrogen-bond acceptors (Lipinski definition) is 5. The largest absolute Gasteiger partial charge is 0.411 e. The van der Waals surface area contributed by atoms with Gasteiger partial charge in [-0.05, 0) is 50.0 Å². The van der Waals surface area contributed by atoms with Gasteiger partial charge in [-0.3, -0.25) is 9.59 Å². The number of amides is 2. The van der Waals surface area contributed by atoms with E-state index in [4.69, 9.17) is 4.74 Å². The van der Waals surface area contributed by atoms with Crippen molar-refractivity contribution in [1.82, 2.24) is 4.90 Å². The minimum atomic E-state index is -4.39. The van der Waals surface area contributed by atoms with Crippen molar-refractivity contribution in [3.05, 3.63) is 41.6 Å². The van der Waals surface area contributed by atoms with Crippen molar-refractivity contribution >= 4 is 29.3 Å². The van der Waals surface area contributed by atoms with Gasteiger partial charge in [-0.15, -0.1) is 0 Å². The number of carbonyl (C=O) groups is 2. The van der Waals surface area contributed by atoms with Gasteiger partial charge in [-0.25, -0.2) is 0 Å². The molecule has 1 aliphatic rings. The normalized spacial score (nSPS) is 18.0. The van der Waals surface area contributed by atoms with Gasteiger partial charge in [-0.1, -0.05) is 17.7 Å². The Balaban J connectivity index is 2.24. The molecule has 0 spiro atoms. The molecule has 0 heterocycles. The average Bonchev–Trinajstić information content (AvgIpc) is 2.72. The third kappa shape index (κ3) is 8.83. The van der Waals surface area contributed by atoms with Gasteiger partial charge in [0.25, 0.3) is 0 Å². The standard InChI is InChI=1S/C24H32F3N3O4/c1-16(2)9-19(13-30(3)15-31)17-5-6-21(29-23(32)18-10-20(11-18)33-4)22(12-17)28-7-8-34-14-24(25,26)27/h5-6,9,12-13,15,18,20,28H,7-8,10-11,14H2,1-4H3,(H,29,32)/b19-13+. The fraction of sp³-hybridized carbons (Fsp3) is 0.500. The van der Waals surface area contributed by atoms with E-state index >= 15 is 0 Å². The summed E-state index contributed by atoms with van der Waals surface area (Å²) in [7, 11) is 3.23. The van der Waals surface area contributed by atoms with E-state index in [1.807, 2.05) is 26.0 Å². The fourth-order valence-corrected chi connectivity index (χ4v) is 3.39. The van der Waals surface area contributed by atoms with Crippen LogP contribution in [0.1, 0.15) is 32.3 Å². The molecule has 0 radical (unpaired) electrons. The topological polar surface area (TPSA) is 79.9 Å². The lowest BCUT2D eigenvalue weighted by molar-refractivity contribution is -0.172. The summed E-state index contributed by atoms with van der Waals surface area (Å²) >= 11 is 0. The Labute approximate surface area is 198 Å². The lowest BCUT2D eigenvalue weighted by atomic mass is 9.81. The van der Waals surface area contributed by atoms with Crippen LogP contribution < -0.4 is 10.6 Å². The van der Waals surface area contributed by atoms with Crippen LogP contribution in [0.25, 0.3) is 5.57 Å². The SMILES string of the molecule is COC1CC(C(=O)Nc2ccc(/C(C=C(C)C)=C/N(C)C=O)cc2NCCOCC(F)(F)F)C1. The molecule has 1 aliphatic carbocycles. The maximum Gasteiger partial charge on any atom is 0.411 e. The molecule has 0 aromatic heterocycles. The number of nitrogens with zero attached hydrogens (tertiary/aromatic N) is 1. The van der Waals surface area contributed by atoms with E-state index in [1.165, 1.54) is 4.90 Å². The highest BCUT2D eigenvalue weighted by Gasteiger charge is 2.34. The average molecular weight is 484 g/mol. The van der Waals surface area contributed by atoms with Crippen LogP contribution in [0.4, 0.5) is 24.5 Å². The van der Waals surface area contributed by atoms with Crippen molar-refractivity contribution in [1.29, 1.82) is 0 Å². The molecule has 2 N–H and O–H groups in total. The fourth-order valence-electron chi connectivity index (χ4n) is 3.39. The zero-order valence-electron chi connectivity index (χ0n) is 19.9. The highest BCUT2D eigenvalue weighted by atomic mass is 19.4. The summed E-state index contributed by atoms with van der Waals surface area (Å²) in [6.07, 6.45) is 1.21. The van der Waals surface area contributed by atoms with Crippen LogP contribution in [-0.4, -0.2) is 63.4 Å². The van der Waals surface area contributed by atoms with Gasteiger partial charge < -0.3 is 25.0 Å². The molecule has 1 aromatic rings. The second kappa shape index (κ2) is 12.6. The number of carbonyl (C=O) groups excluding carboxylic acids is 2. The Morgan fingerprint density at radius 3 is 2.53 bits per heavy atom. The first kappa shape index (κ1) is 27.4. The minimum absolute atomic E-state index is 0.0769. The highest BCUT2D eigenvalue weighted by Crippen LogP contribution is 2.33. The molecule has 7 nitrogen and oxygen atoms in total. The van der Waals surface area contributed by atoms with Crippen molar-refractivity contribution in [2.75, 3.05) is 44.5 Å². The van der Waals surface area contributed by atoms with E-state index in [-0.39, 0.29) is 31.1 Å². The van der Waals surface area contributed by atoms with Gasteiger partial charge in [0, 0.05) is 32.8 Å². The number of ether oxygens (including phenoxy) is 2. The zero-order chi connectivity index (χ0) is 25.3. The summed E-state index contributed by atoms with van der Waals surface area (Å²) in [6, 6.07) is 5.32. The molecule has 2 rings (SSSR count). The van der Waals surface area contributed by atoms with Crippen LogP contribution in [0.5, 0.6) is 0 Å². The Morgan fingerprint density at radius 2 is 1.94 bits per heavy atom. The molecule has 0 bridgehead atoms. The molecule has 188 valence electrons. The van der Waals surface area contributed by atoms with Crippen LogP contribution in [0.15, 0.2) is 36.0 Å². The van der Waals surface area contributed by atoms with Gasteiger partial charge in [0.05, 0.1) is 24.1 Å². The van der Waals surface area contributed by atoms with Crippen LogP contribution in [0, 0.1) is 5.92 Å². The number of anilines is 2. The predicted molar refractivity (Wildman–Crippen MR) is 125 cm³/mol. The number of hydrogen-bond donors (Lipinski definition) is 2. The third-order valence-electron chi connectivity index (χ3n) is 5.19. The van der Waals surface area contributed by atoms with Crippen LogP contribution in [-0.2, 0) is 19.1 Å². The summed E-state index contributed by atoms with van der Waals surface area (Å²) in [5, 5.41) is 5.95. The van der Waals surface area contributed by atoms with E-state index in [2.05, 4.69) is 15.4 Å². The van der Waals surface area contributed by atoms with Crippen molar-refractivity contribution in [3.8, 4) is 0 Å². The van der Waals surface area contributed by atoms with Crippen LogP contribution in [0.3, 0.4) is 0 Å². The second-order valence-corrected chi connectivity index (χ2v) is 8.45. The minimum Gasteiger partial charge on any atom is -0.381 e. The summed E-state index contributed by atoms with van der Waals surface area (Å²) in [5.74, 6) is -0.298. The number of allylic oxidation sites excluding steroid dienone is 3. The van der Waals surface area contributed by atoms with Crippen molar-refractivity contribution in [3.63, 3.8) is 0 Å². The molecule has 0 atom stereocenters. The smallest absolute Gasteiger partial charge is 0.381 e. The molecule has 0 saturated heterocycles. The summed E-state index contributed by atoms with van der Waals surface area (Å²) in [6.45, 7) is 2.46. The predicted octanol–water partition coefficient (Wildman–Crippen LogP) is 4.44. The van der Waals surface area contributed by atoms with E-state index < -0.39 is 12.8 Å². The molecule has 0 unspecified atom stereocenters. The van der Waals surface area contributed by atoms with Gasteiger partial charge in [0.15, 0.2) is 0 Å². The van der Waals surface area contributed by atoms with Gasteiger partial charge in [-0.2, -0.15) is 13.2 Å². The molecule has 1 aromatic carbocycles. The second-order valence-electron chi connectivity index (χ2n) is 8.45. The lowest BCUT2D eigenvalue weighted by Crippen LogP contribution is -2.38. The Bertz CT molecular complexity index is 905. The summed E-state index contributed by atoms with van der Waals surface area (Å²) < 4.78 is 46.9. The molecule has 0 aliphatic heterocycles. The maximum absolute atomic E-state index is 12.6. The number of benzene rings is 1. The Morgan fingerprint density at radius 1 is 1.24 bits per heavy atom. The van der Waals surface area contributed by atoms with E-state index in [0.29, 0.717) is 30.6 Å². The van der Waals surface area contributed by atoms with Crippen LogP contribution >= 0.6 is 0 Å². The molecule has 34 heavy (non-hydrogen) atoms. The first-order valence-electron chi connectivity index (χ1n) is 10.9. The van der Waals surface area contributed by atoms with E-state index in [9.17, 15) is 22.8 Å². The summed E-state index contributed by atoms with van der Waals surface area (Å²) in [5.41, 5.74) is 3.56. The molecule has 1 fully saturated rings. The number of alkyl halides is 3. The molecule has 2 amide bonds. The maximum atomic E-state index is 12.6. The van der Waals surface area contributed by atoms with Crippen molar-refractivity contribution < 1.29 is 32.2 Å². The number of rotatable bonds is 12. The van der Waals surface area contributed by atoms with E-state index in [1.54, 1.807) is 32.5 Å². The first-order valence-corrected chi connectivity index (χ1v) is 10.9. The third-order valence-corrected chi connectivity index (χ3v) is 5.19. The lowest BCUT2D eigenvalue weighted by Gasteiger charge is -2.33. The zero-order valence-corrected chi connectivity index (χ0v) is 19.9. The highest BCUT2D eigenvalue weighted by molar-refractivity contribution is 5.97. The summed E-state index contributed by atoms with van der Waals surface area (Å²) in [4.78, 5) is 25.1. The van der Waals surface area contributed by atoms with Crippen LogP contribution in [0.2, 0.25) is 0 Å². The molecule has 10 heteroatoms. The Kier molecular flexibility index (Phi) is 10.1. The van der Waals surface area contributed by atoms with Crippen molar-refractivity contribution in [2.45, 2.75) is 39.0 Å². The Hall–Kier alpha value is -2.85. The number of methoxy groups -OCH3 is 1. The van der Waals surface area contributed by atoms with Gasteiger partial charge >= 0.3 is 6.18 Å². The molecular weight excluding hydrogens is 451 g/mol. The molecule has 1 saturated carbocycles. The quantitative estimate of drug-likeness (QED) is 0.261. The van der Waals surface area contributed by atoms with E-state index in [0.717, 1.165) is 16.7 Å². The van der Waals surface area contributed by atoms with Crippen molar-refractivity contribution in [2.24, 2.45) is 5.92 Å². The molecular formula is C24H32F3N3O4. The first-order chi connectivity index (χ1) is 16.0. The number of halogens is 3. The monoisotopic (exact) mass is 483 g/mol. The van der Waals surface area contributed by atoms with Gasteiger partial charge in [0.1, 0.15) is 6.61 Å². The number of nitrogens with one attached hydrogen (secondary N) is 2.